The van der Waals surface area contributed by atoms with Crippen LogP contribution in [0.5, 0.6) is 5.88 Å². The summed E-state index contributed by atoms with van der Waals surface area (Å²) >= 11 is 0. The highest BCUT2D eigenvalue weighted by atomic mass is 16.5. The Morgan fingerprint density at radius 2 is 2.00 bits per heavy atom. The van der Waals surface area contributed by atoms with Gasteiger partial charge in [0.05, 0.1) is 12.2 Å². The molecule has 1 aromatic heterocycles. The van der Waals surface area contributed by atoms with Gasteiger partial charge in [-0.2, -0.15) is 0 Å². The summed E-state index contributed by atoms with van der Waals surface area (Å²) in [6.45, 7) is 8.04. The van der Waals surface area contributed by atoms with Crippen LogP contribution in [-0.2, 0) is 0 Å². The predicted octanol–water partition coefficient (Wildman–Crippen LogP) is 2.15. The Morgan fingerprint density at radius 1 is 1.24 bits per heavy atom. The molecule has 2 fully saturated rings. The van der Waals surface area contributed by atoms with Gasteiger partial charge in [0.1, 0.15) is 12.1 Å². The molecule has 0 aromatic carbocycles. The van der Waals surface area contributed by atoms with Gasteiger partial charge in [0, 0.05) is 19.1 Å². The van der Waals surface area contributed by atoms with Gasteiger partial charge >= 0.3 is 0 Å². The van der Waals surface area contributed by atoms with Gasteiger partial charge in [-0.15, -0.1) is 0 Å². The first-order chi connectivity index (χ1) is 10.3. The molecule has 1 saturated carbocycles. The summed E-state index contributed by atoms with van der Waals surface area (Å²) < 4.78 is 5.57. The van der Waals surface area contributed by atoms with Crippen LogP contribution in [0.3, 0.4) is 0 Å². The maximum absolute atomic E-state index is 5.57. The Labute approximate surface area is 127 Å². The second kappa shape index (κ2) is 6.60. The molecule has 2 heterocycles. The van der Waals surface area contributed by atoms with Gasteiger partial charge in [0.25, 0.3) is 0 Å². The van der Waals surface area contributed by atoms with Gasteiger partial charge in [-0.25, -0.2) is 9.97 Å². The molecule has 5 nitrogen and oxygen atoms in total. The van der Waals surface area contributed by atoms with Crippen LogP contribution in [-0.4, -0.2) is 42.3 Å². The van der Waals surface area contributed by atoms with Crippen LogP contribution in [0.2, 0.25) is 0 Å². The number of anilines is 1. The fourth-order valence-corrected chi connectivity index (χ4v) is 3.00. The average molecular weight is 290 g/mol. The number of nitrogens with one attached hydrogen (secondary N) is 1. The Hall–Kier alpha value is -1.36. The summed E-state index contributed by atoms with van der Waals surface area (Å²) in [5.41, 5.74) is 1.06. The lowest BCUT2D eigenvalue weighted by Gasteiger charge is -2.33. The number of rotatable bonds is 6. The molecule has 0 atom stereocenters. The van der Waals surface area contributed by atoms with E-state index in [0.29, 0.717) is 6.61 Å². The quantitative estimate of drug-likeness (QED) is 0.870. The van der Waals surface area contributed by atoms with E-state index in [1.807, 2.05) is 6.92 Å². The Balaban J connectivity index is 1.57. The van der Waals surface area contributed by atoms with Crippen molar-refractivity contribution >= 4 is 5.82 Å². The normalized spacial score (nSPS) is 19.8. The lowest BCUT2D eigenvalue weighted by Crippen LogP contribution is -2.38. The largest absolute Gasteiger partial charge is 0.478 e. The number of nitrogens with zero attached hydrogens (tertiary/aromatic N) is 3. The Kier molecular flexibility index (Phi) is 4.58. The minimum Gasteiger partial charge on any atom is -0.478 e. The van der Waals surface area contributed by atoms with Crippen molar-refractivity contribution in [3.05, 3.63) is 11.9 Å². The van der Waals surface area contributed by atoms with Crippen LogP contribution in [0.25, 0.3) is 0 Å². The molecule has 21 heavy (non-hydrogen) atoms. The molecule has 0 spiro atoms. The van der Waals surface area contributed by atoms with Crippen molar-refractivity contribution in [2.24, 2.45) is 5.92 Å². The molecule has 5 heteroatoms. The van der Waals surface area contributed by atoms with Crippen LogP contribution in [0.1, 0.15) is 38.2 Å². The zero-order chi connectivity index (χ0) is 14.7. The lowest BCUT2D eigenvalue weighted by atomic mass is 9.96. The molecular weight excluding hydrogens is 264 g/mol. The van der Waals surface area contributed by atoms with Gasteiger partial charge in [-0.1, -0.05) is 0 Å². The first-order valence-corrected chi connectivity index (χ1v) is 8.20. The zero-order valence-corrected chi connectivity index (χ0v) is 13.1. The lowest BCUT2D eigenvalue weighted by molar-refractivity contribution is 0.323. The molecule has 116 valence electrons. The van der Waals surface area contributed by atoms with E-state index in [1.165, 1.54) is 32.2 Å². The van der Waals surface area contributed by atoms with E-state index in [-0.39, 0.29) is 0 Å². The summed E-state index contributed by atoms with van der Waals surface area (Å²) in [7, 11) is 0. The summed E-state index contributed by atoms with van der Waals surface area (Å²) in [6, 6.07) is 0.820. The van der Waals surface area contributed by atoms with Crippen LogP contribution in [0.4, 0.5) is 5.82 Å². The van der Waals surface area contributed by atoms with Crippen LogP contribution < -0.4 is 15.0 Å². The minimum atomic E-state index is 0.645. The Morgan fingerprint density at radius 3 is 2.67 bits per heavy atom. The first-order valence-electron chi connectivity index (χ1n) is 8.20. The van der Waals surface area contributed by atoms with Crippen molar-refractivity contribution in [2.45, 2.75) is 45.6 Å². The first kappa shape index (κ1) is 14.6. The average Bonchev–Trinajstić information content (AvgIpc) is 3.33. The summed E-state index contributed by atoms with van der Waals surface area (Å²) in [5, 5.41) is 3.65. The molecule has 0 unspecified atom stereocenters. The molecule has 3 rings (SSSR count). The van der Waals surface area contributed by atoms with Crippen LogP contribution >= 0.6 is 0 Å². The van der Waals surface area contributed by atoms with E-state index in [1.54, 1.807) is 6.33 Å². The van der Waals surface area contributed by atoms with Crippen molar-refractivity contribution in [3.63, 3.8) is 0 Å². The molecule has 1 aromatic rings. The van der Waals surface area contributed by atoms with Gasteiger partial charge in [-0.3, -0.25) is 0 Å². The van der Waals surface area contributed by atoms with Gasteiger partial charge in [0.2, 0.25) is 5.88 Å². The number of ether oxygens (including phenoxy) is 1. The third kappa shape index (κ3) is 3.64. The fourth-order valence-electron chi connectivity index (χ4n) is 3.00. The fraction of sp³-hybridized carbons (Fsp3) is 0.750. The van der Waals surface area contributed by atoms with Crippen molar-refractivity contribution in [1.29, 1.82) is 0 Å². The number of hydrogen-bond donors (Lipinski definition) is 1. The summed E-state index contributed by atoms with van der Waals surface area (Å²) in [4.78, 5) is 11.1. The molecule has 1 saturated heterocycles. The van der Waals surface area contributed by atoms with Crippen molar-refractivity contribution in [1.82, 2.24) is 15.3 Å². The van der Waals surface area contributed by atoms with E-state index in [2.05, 4.69) is 27.1 Å². The highest BCUT2D eigenvalue weighted by molar-refractivity contribution is 5.50. The maximum Gasteiger partial charge on any atom is 0.221 e. The molecule has 0 radical (unpaired) electrons. The number of aromatic nitrogens is 2. The van der Waals surface area contributed by atoms with Crippen molar-refractivity contribution in [2.75, 3.05) is 31.1 Å². The van der Waals surface area contributed by atoms with E-state index in [9.17, 15) is 0 Å². The van der Waals surface area contributed by atoms with Gasteiger partial charge < -0.3 is 15.0 Å². The molecule has 0 amide bonds. The number of hydrogen-bond acceptors (Lipinski definition) is 5. The standard InChI is InChI=1S/C16H26N4O/c1-3-21-16-12(2)15(18-11-19-16)20-8-6-13(7-9-20)10-17-14-4-5-14/h11,13-14,17H,3-10H2,1-2H3. The molecule has 0 bridgehead atoms. The van der Waals surface area contributed by atoms with Crippen LogP contribution in [0.15, 0.2) is 6.33 Å². The van der Waals surface area contributed by atoms with Crippen molar-refractivity contribution in [3.8, 4) is 5.88 Å². The summed E-state index contributed by atoms with van der Waals surface area (Å²) in [6.07, 6.45) is 6.85. The van der Waals surface area contributed by atoms with Gasteiger partial charge in [0.15, 0.2) is 0 Å². The van der Waals surface area contributed by atoms with Gasteiger partial charge in [-0.05, 0) is 52.0 Å². The smallest absolute Gasteiger partial charge is 0.221 e. The topological polar surface area (TPSA) is 50.3 Å². The second-order valence-electron chi connectivity index (χ2n) is 6.17. The Bertz CT molecular complexity index is 467. The third-order valence-corrected chi connectivity index (χ3v) is 4.48. The van der Waals surface area contributed by atoms with Crippen molar-refractivity contribution < 1.29 is 4.74 Å². The highest BCUT2D eigenvalue weighted by Crippen LogP contribution is 2.28. The molecule has 1 aliphatic carbocycles. The zero-order valence-electron chi connectivity index (χ0n) is 13.1. The molecular formula is C16H26N4O. The maximum atomic E-state index is 5.57. The molecule has 1 aliphatic heterocycles. The second-order valence-corrected chi connectivity index (χ2v) is 6.17. The number of piperidine rings is 1. The minimum absolute atomic E-state index is 0.645. The predicted molar refractivity (Wildman–Crippen MR) is 83.9 cm³/mol. The van der Waals surface area contributed by atoms with E-state index in [0.717, 1.165) is 42.3 Å². The SMILES string of the molecule is CCOc1ncnc(N2CCC(CNC3CC3)CC2)c1C. The highest BCUT2D eigenvalue weighted by Gasteiger charge is 2.25. The molecule has 1 N–H and O–H groups in total. The van der Waals surface area contributed by atoms with E-state index in [4.69, 9.17) is 4.74 Å². The summed E-state index contributed by atoms with van der Waals surface area (Å²) in [5.74, 6) is 2.58. The van der Waals surface area contributed by atoms with E-state index < -0.39 is 0 Å². The third-order valence-electron chi connectivity index (χ3n) is 4.48. The monoisotopic (exact) mass is 290 g/mol. The van der Waals surface area contributed by atoms with E-state index >= 15 is 0 Å². The van der Waals surface area contributed by atoms with Crippen LogP contribution in [0, 0.1) is 12.8 Å². The molecule has 2 aliphatic rings.